The zero-order chi connectivity index (χ0) is 15.5. The summed E-state index contributed by atoms with van der Waals surface area (Å²) in [5.41, 5.74) is 1.22. The van der Waals surface area contributed by atoms with Crippen LogP contribution < -0.4 is 5.32 Å². The molecule has 0 aromatic heterocycles. The van der Waals surface area contributed by atoms with Crippen molar-refractivity contribution in [1.29, 1.82) is 0 Å². The molecular weight excluding hydrogens is 280 g/mol. The van der Waals surface area contributed by atoms with E-state index in [2.05, 4.69) is 5.32 Å². The van der Waals surface area contributed by atoms with Crippen molar-refractivity contribution in [3.63, 3.8) is 0 Å². The Balaban J connectivity index is 1.67. The van der Waals surface area contributed by atoms with Crippen LogP contribution >= 0.6 is 0 Å². The topological polar surface area (TPSA) is 69.6 Å². The zero-order valence-corrected chi connectivity index (χ0v) is 12.6. The first-order valence-electron chi connectivity index (χ1n) is 8.02. The number of aliphatic hydroxyl groups excluding tert-OH is 1. The molecule has 1 saturated heterocycles. The van der Waals surface area contributed by atoms with E-state index in [4.69, 9.17) is 0 Å². The van der Waals surface area contributed by atoms with Gasteiger partial charge in [-0.05, 0) is 43.9 Å². The number of hydrogen-bond donors (Lipinski definition) is 2. The molecule has 1 saturated carbocycles. The third-order valence-corrected chi connectivity index (χ3v) is 4.54. The van der Waals surface area contributed by atoms with Crippen molar-refractivity contribution in [3.05, 3.63) is 29.8 Å². The number of amides is 2. The fourth-order valence-electron chi connectivity index (χ4n) is 2.97. The predicted molar refractivity (Wildman–Crippen MR) is 83.6 cm³/mol. The maximum Gasteiger partial charge on any atom is 0.254 e. The largest absolute Gasteiger partial charge is 0.391 e. The van der Waals surface area contributed by atoms with Gasteiger partial charge in [-0.25, -0.2) is 0 Å². The lowest BCUT2D eigenvalue weighted by molar-refractivity contribution is -0.122. The van der Waals surface area contributed by atoms with Crippen LogP contribution in [0.5, 0.6) is 0 Å². The monoisotopic (exact) mass is 302 g/mol. The molecule has 2 amide bonds. The van der Waals surface area contributed by atoms with Gasteiger partial charge in [-0.1, -0.05) is 12.5 Å². The van der Waals surface area contributed by atoms with Crippen LogP contribution in [0.1, 0.15) is 42.5 Å². The number of hydrogen-bond acceptors (Lipinski definition) is 3. The van der Waals surface area contributed by atoms with Crippen LogP contribution in [-0.4, -0.2) is 41.0 Å². The van der Waals surface area contributed by atoms with E-state index in [0.717, 1.165) is 32.1 Å². The van der Waals surface area contributed by atoms with E-state index in [1.807, 2.05) is 0 Å². The van der Waals surface area contributed by atoms with Crippen LogP contribution in [0, 0.1) is 5.92 Å². The normalized spacial score (nSPS) is 22.0. The molecule has 1 unspecified atom stereocenters. The van der Waals surface area contributed by atoms with E-state index >= 15 is 0 Å². The summed E-state index contributed by atoms with van der Waals surface area (Å²) in [4.78, 5) is 26.1. The van der Waals surface area contributed by atoms with Crippen molar-refractivity contribution in [1.82, 2.24) is 4.90 Å². The van der Waals surface area contributed by atoms with E-state index < -0.39 is 6.10 Å². The molecule has 1 aliphatic heterocycles. The molecule has 1 aromatic carbocycles. The Morgan fingerprint density at radius 3 is 2.68 bits per heavy atom. The number of carbonyl (C=O) groups is 2. The van der Waals surface area contributed by atoms with Gasteiger partial charge in [0.25, 0.3) is 5.91 Å². The molecule has 0 radical (unpaired) electrons. The standard InChI is InChI=1S/C17H22N2O3/c20-15-8-3-9-19(11-15)17(22)13-6-2-7-14(10-13)18-16(21)12-4-1-5-12/h2,6-7,10,12,15,20H,1,3-5,8-9,11H2,(H,18,21). The Kier molecular flexibility index (Phi) is 4.43. The average molecular weight is 302 g/mol. The zero-order valence-electron chi connectivity index (χ0n) is 12.6. The molecule has 1 aliphatic carbocycles. The van der Waals surface area contributed by atoms with Gasteiger partial charge in [0.05, 0.1) is 6.10 Å². The number of anilines is 1. The van der Waals surface area contributed by atoms with Crippen molar-refractivity contribution in [2.45, 2.75) is 38.2 Å². The second kappa shape index (κ2) is 6.48. The average Bonchev–Trinajstić information content (AvgIpc) is 2.45. The van der Waals surface area contributed by atoms with Gasteiger partial charge < -0.3 is 15.3 Å². The van der Waals surface area contributed by atoms with Crippen molar-refractivity contribution in [2.75, 3.05) is 18.4 Å². The third kappa shape index (κ3) is 3.30. The van der Waals surface area contributed by atoms with Crippen LogP contribution in [0.2, 0.25) is 0 Å². The molecule has 0 spiro atoms. The molecule has 1 atom stereocenters. The van der Waals surface area contributed by atoms with Crippen LogP contribution in [0.15, 0.2) is 24.3 Å². The molecule has 22 heavy (non-hydrogen) atoms. The minimum atomic E-state index is -0.431. The number of carbonyl (C=O) groups excluding carboxylic acids is 2. The van der Waals surface area contributed by atoms with E-state index in [9.17, 15) is 14.7 Å². The number of piperidine rings is 1. The SMILES string of the molecule is O=C(Nc1cccc(C(=O)N2CCCC(O)C2)c1)C1CCC1. The fourth-order valence-corrected chi connectivity index (χ4v) is 2.97. The maximum absolute atomic E-state index is 12.5. The Morgan fingerprint density at radius 1 is 1.18 bits per heavy atom. The van der Waals surface area contributed by atoms with Crippen molar-refractivity contribution >= 4 is 17.5 Å². The first kappa shape index (κ1) is 15.0. The predicted octanol–water partition coefficient (Wildman–Crippen LogP) is 2.02. The number of β-amino-alcohol motifs (C(OH)–C–C–N with tert-alkyl or cyclic N) is 1. The molecule has 5 heteroatoms. The molecule has 2 fully saturated rings. The quantitative estimate of drug-likeness (QED) is 0.897. The second-order valence-electron chi connectivity index (χ2n) is 6.25. The van der Waals surface area contributed by atoms with Gasteiger partial charge in [0.2, 0.25) is 5.91 Å². The summed E-state index contributed by atoms with van der Waals surface area (Å²) in [5.74, 6) is 0.0827. The van der Waals surface area contributed by atoms with Crippen LogP contribution in [0.25, 0.3) is 0 Å². The highest BCUT2D eigenvalue weighted by molar-refractivity contribution is 5.97. The summed E-state index contributed by atoms with van der Waals surface area (Å²) >= 11 is 0. The van der Waals surface area contributed by atoms with Crippen LogP contribution in [0.3, 0.4) is 0 Å². The summed E-state index contributed by atoms with van der Waals surface area (Å²) < 4.78 is 0. The number of aliphatic hydroxyl groups is 1. The molecular formula is C17H22N2O3. The summed E-state index contributed by atoms with van der Waals surface area (Å²) in [6.45, 7) is 1.06. The number of nitrogens with one attached hydrogen (secondary N) is 1. The lowest BCUT2D eigenvalue weighted by Gasteiger charge is -2.30. The van der Waals surface area contributed by atoms with Crippen molar-refractivity contribution in [3.8, 4) is 0 Å². The third-order valence-electron chi connectivity index (χ3n) is 4.54. The molecule has 3 rings (SSSR count). The van der Waals surface area contributed by atoms with Gasteiger partial charge in [-0.15, -0.1) is 0 Å². The summed E-state index contributed by atoms with van der Waals surface area (Å²) in [7, 11) is 0. The van der Waals surface area contributed by atoms with Gasteiger partial charge >= 0.3 is 0 Å². The Bertz CT molecular complexity index is 569. The lowest BCUT2D eigenvalue weighted by Crippen LogP contribution is -2.42. The Morgan fingerprint density at radius 2 is 2.00 bits per heavy atom. The van der Waals surface area contributed by atoms with Gasteiger partial charge in [0.1, 0.15) is 0 Å². The van der Waals surface area contributed by atoms with E-state index in [-0.39, 0.29) is 17.7 Å². The summed E-state index contributed by atoms with van der Waals surface area (Å²) in [6.07, 6.45) is 4.17. The number of likely N-dealkylation sites (tertiary alicyclic amines) is 1. The molecule has 5 nitrogen and oxygen atoms in total. The van der Waals surface area contributed by atoms with Crippen LogP contribution in [-0.2, 0) is 4.79 Å². The second-order valence-corrected chi connectivity index (χ2v) is 6.25. The Hall–Kier alpha value is -1.88. The molecule has 118 valence electrons. The number of rotatable bonds is 3. The molecule has 2 aliphatic rings. The molecule has 2 N–H and O–H groups in total. The van der Waals surface area contributed by atoms with Crippen molar-refractivity contribution < 1.29 is 14.7 Å². The highest BCUT2D eigenvalue weighted by atomic mass is 16.3. The molecule has 1 aromatic rings. The Labute approximate surface area is 130 Å². The molecule has 0 bridgehead atoms. The first-order chi connectivity index (χ1) is 10.6. The minimum absolute atomic E-state index is 0.0456. The number of benzene rings is 1. The van der Waals surface area contributed by atoms with Gasteiger partial charge in [-0.3, -0.25) is 9.59 Å². The highest BCUT2D eigenvalue weighted by Gasteiger charge is 2.26. The summed E-state index contributed by atoms with van der Waals surface area (Å²) in [6, 6.07) is 7.06. The fraction of sp³-hybridized carbons (Fsp3) is 0.529. The van der Waals surface area contributed by atoms with Gasteiger partial charge in [0, 0.05) is 30.3 Å². The van der Waals surface area contributed by atoms with Crippen molar-refractivity contribution in [2.24, 2.45) is 5.92 Å². The van der Waals surface area contributed by atoms with Crippen LogP contribution in [0.4, 0.5) is 5.69 Å². The van der Waals surface area contributed by atoms with Gasteiger partial charge in [0.15, 0.2) is 0 Å². The van der Waals surface area contributed by atoms with Gasteiger partial charge in [-0.2, -0.15) is 0 Å². The minimum Gasteiger partial charge on any atom is -0.391 e. The van der Waals surface area contributed by atoms with E-state index in [0.29, 0.717) is 24.3 Å². The molecule has 1 heterocycles. The highest BCUT2D eigenvalue weighted by Crippen LogP contribution is 2.27. The number of nitrogens with zero attached hydrogens (tertiary/aromatic N) is 1. The summed E-state index contributed by atoms with van der Waals surface area (Å²) in [5, 5.41) is 12.6. The van der Waals surface area contributed by atoms with E-state index in [1.165, 1.54) is 0 Å². The van der Waals surface area contributed by atoms with E-state index in [1.54, 1.807) is 29.2 Å². The first-order valence-corrected chi connectivity index (χ1v) is 8.02. The lowest BCUT2D eigenvalue weighted by atomic mass is 9.85. The maximum atomic E-state index is 12.5. The smallest absolute Gasteiger partial charge is 0.254 e.